The topological polar surface area (TPSA) is 58.6 Å². The van der Waals surface area contributed by atoms with E-state index in [1.54, 1.807) is 12.3 Å². The monoisotopic (exact) mass is 273 g/mol. The van der Waals surface area contributed by atoms with Gasteiger partial charge in [0, 0.05) is 6.20 Å². The molecule has 0 aliphatic heterocycles. The SMILES string of the molecule is C=C/C=c1/[nH]c(S(=O)Cc2ccccn2)n/c1=C/C. The van der Waals surface area contributed by atoms with Crippen LogP contribution in [0.1, 0.15) is 12.6 Å². The summed E-state index contributed by atoms with van der Waals surface area (Å²) in [6.45, 7) is 5.54. The van der Waals surface area contributed by atoms with Gasteiger partial charge in [-0.05, 0) is 25.1 Å². The predicted octanol–water partition coefficient (Wildman–Crippen LogP) is 0.879. The van der Waals surface area contributed by atoms with Gasteiger partial charge in [-0.3, -0.25) is 9.19 Å². The Morgan fingerprint density at radius 3 is 2.95 bits per heavy atom. The first-order valence-corrected chi connectivity index (χ1v) is 7.20. The molecule has 0 fully saturated rings. The van der Waals surface area contributed by atoms with Crippen LogP contribution in [0.3, 0.4) is 0 Å². The Kier molecular flexibility index (Phi) is 4.41. The molecular weight excluding hydrogens is 258 g/mol. The predicted molar refractivity (Wildman–Crippen MR) is 77.0 cm³/mol. The third-order valence-electron chi connectivity index (χ3n) is 2.52. The summed E-state index contributed by atoms with van der Waals surface area (Å²) in [7, 11) is -1.23. The molecular formula is C14H15N3OS. The van der Waals surface area contributed by atoms with E-state index in [2.05, 4.69) is 21.5 Å². The highest BCUT2D eigenvalue weighted by Crippen LogP contribution is 2.03. The quantitative estimate of drug-likeness (QED) is 0.899. The summed E-state index contributed by atoms with van der Waals surface area (Å²) < 4.78 is 12.2. The van der Waals surface area contributed by atoms with Gasteiger partial charge in [0.25, 0.3) is 0 Å². The molecule has 1 N–H and O–H groups in total. The van der Waals surface area contributed by atoms with Crippen LogP contribution in [0.5, 0.6) is 0 Å². The highest BCUT2D eigenvalue weighted by Gasteiger charge is 2.09. The van der Waals surface area contributed by atoms with Crippen molar-refractivity contribution >= 4 is 23.0 Å². The van der Waals surface area contributed by atoms with E-state index >= 15 is 0 Å². The molecule has 19 heavy (non-hydrogen) atoms. The van der Waals surface area contributed by atoms with E-state index in [1.165, 1.54) is 0 Å². The Labute approximate surface area is 114 Å². The van der Waals surface area contributed by atoms with Gasteiger partial charge >= 0.3 is 0 Å². The summed E-state index contributed by atoms with van der Waals surface area (Å²) in [6.07, 6.45) is 7.04. The van der Waals surface area contributed by atoms with Gasteiger partial charge in [-0.15, -0.1) is 0 Å². The summed E-state index contributed by atoms with van der Waals surface area (Å²) in [6, 6.07) is 5.56. The van der Waals surface area contributed by atoms with Crippen LogP contribution in [0.2, 0.25) is 0 Å². The van der Waals surface area contributed by atoms with Crippen LogP contribution in [0, 0.1) is 0 Å². The molecule has 0 saturated heterocycles. The van der Waals surface area contributed by atoms with Crippen LogP contribution in [0.25, 0.3) is 12.2 Å². The largest absolute Gasteiger partial charge is 0.331 e. The van der Waals surface area contributed by atoms with Gasteiger partial charge in [0.15, 0.2) is 5.16 Å². The van der Waals surface area contributed by atoms with E-state index in [0.717, 1.165) is 16.4 Å². The van der Waals surface area contributed by atoms with Crippen molar-refractivity contribution in [1.29, 1.82) is 0 Å². The molecule has 1 unspecified atom stereocenters. The summed E-state index contributed by atoms with van der Waals surface area (Å²) in [5.74, 6) is 0.352. The van der Waals surface area contributed by atoms with Gasteiger partial charge in [0.2, 0.25) is 0 Å². The molecule has 0 aliphatic rings. The number of allylic oxidation sites excluding steroid dienone is 1. The Balaban J connectivity index is 2.31. The maximum atomic E-state index is 12.2. The summed E-state index contributed by atoms with van der Waals surface area (Å²) in [5.41, 5.74) is 0.786. The molecule has 0 spiro atoms. The number of nitrogens with one attached hydrogen (secondary N) is 1. The van der Waals surface area contributed by atoms with Crippen molar-refractivity contribution in [2.75, 3.05) is 0 Å². The number of aromatic amines is 1. The second kappa shape index (κ2) is 6.24. The lowest BCUT2D eigenvalue weighted by Gasteiger charge is -1.97. The first kappa shape index (κ1) is 13.4. The molecule has 0 saturated carbocycles. The van der Waals surface area contributed by atoms with Crippen LogP contribution < -0.4 is 10.7 Å². The molecule has 2 aromatic rings. The number of rotatable bonds is 4. The zero-order valence-corrected chi connectivity index (χ0v) is 11.5. The Hall–Kier alpha value is -2.01. The van der Waals surface area contributed by atoms with Crippen molar-refractivity contribution in [3.63, 3.8) is 0 Å². The fraction of sp³-hybridized carbons (Fsp3) is 0.143. The molecule has 5 heteroatoms. The Bertz CT molecular complexity index is 704. The lowest BCUT2D eigenvalue weighted by Crippen LogP contribution is -2.23. The normalized spacial score (nSPS) is 14.6. The van der Waals surface area contributed by atoms with E-state index in [1.807, 2.05) is 37.3 Å². The molecule has 4 nitrogen and oxygen atoms in total. The molecule has 2 aromatic heterocycles. The van der Waals surface area contributed by atoms with Gasteiger partial charge < -0.3 is 4.98 Å². The minimum Gasteiger partial charge on any atom is -0.331 e. The maximum Gasteiger partial charge on any atom is 0.197 e. The van der Waals surface area contributed by atoms with Crippen molar-refractivity contribution in [1.82, 2.24) is 15.0 Å². The third-order valence-corrected chi connectivity index (χ3v) is 3.70. The molecule has 2 rings (SSSR count). The Morgan fingerprint density at radius 1 is 1.47 bits per heavy atom. The minimum atomic E-state index is -1.23. The standard InChI is InChI=1S/C14H15N3OS/c1-3-7-13-12(4-2)16-14(17-13)19(18)10-11-8-5-6-9-15-11/h3-9H,1,10H2,2H3,(H,16,17)/b12-4+,13-7+. The van der Waals surface area contributed by atoms with Crippen LogP contribution in [0.4, 0.5) is 0 Å². The van der Waals surface area contributed by atoms with Crippen LogP contribution in [0.15, 0.2) is 42.2 Å². The van der Waals surface area contributed by atoms with E-state index in [0.29, 0.717) is 10.9 Å². The van der Waals surface area contributed by atoms with Crippen molar-refractivity contribution < 1.29 is 4.21 Å². The summed E-state index contributed by atoms with van der Waals surface area (Å²) in [5, 5.41) is 2.07. The Morgan fingerprint density at radius 2 is 2.32 bits per heavy atom. The van der Waals surface area contributed by atoms with Gasteiger partial charge in [0.1, 0.15) is 0 Å². The number of imidazole rings is 1. The van der Waals surface area contributed by atoms with E-state index < -0.39 is 10.8 Å². The number of nitrogens with zero attached hydrogens (tertiary/aromatic N) is 2. The van der Waals surface area contributed by atoms with E-state index in [4.69, 9.17) is 0 Å². The number of H-pyrrole nitrogens is 1. The zero-order chi connectivity index (χ0) is 13.7. The lowest BCUT2D eigenvalue weighted by molar-refractivity contribution is 0.676. The molecule has 0 aromatic carbocycles. The number of pyridine rings is 1. The fourth-order valence-corrected chi connectivity index (χ4v) is 2.64. The van der Waals surface area contributed by atoms with Crippen molar-refractivity contribution in [3.8, 4) is 0 Å². The van der Waals surface area contributed by atoms with Gasteiger partial charge in [0.05, 0.1) is 32.9 Å². The van der Waals surface area contributed by atoms with Crippen molar-refractivity contribution in [2.24, 2.45) is 0 Å². The lowest BCUT2D eigenvalue weighted by atomic mass is 10.4. The third kappa shape index (κ3) is 3.26. The molecule has 0 bridgehead atoms. The molecule has 0 amide bonds. The van der Waals surface area contributed by atoms with Gasteiger partial charge in [-0.25, -0.2) is 4.98 Å². The maximum absolute atomic E-state index is 12.2. The highest BCUT2D eigenvalue weighted by molar-refractivity contribution is 7.84. The average Bonchev–Trinajstić information content (AvgIpc) is 2.83. The van der Waals surface area contributed by atoms with Crippen LogP contribution >= 0.6 is 0 Å². The first-order valence-electron chi connectivity index (χ1n) is 5.88. The number of hydrogen-bond donors (Lipinski definition) is 1. The minimum absolute atomic E-state index is 0.352. The van der Waals surface area contributed by atoms with Gasteiger partial charge in [-0.1, -0.05) is 24.8 Å². The number of aromatic nitrogens is 3. The second-order valence-corrected chi connectivity index (χ2v) is 5.21. The van der Waals surface area contributed by atoms with E-state index in [-0.39, 0.29) is 0 Å². The smallest absolute Gasteiger partial charge is 0.197 e. The summed E-state index contributed by atoms with van der Waals surface area (Å²) in [4.78, 5) is 11.5. The molecule has 0 aliphatic carbocycles. The van der Waals surface area contributed by atoms with Crippen molar-refractivity contribution in [2.45, 2.75) is 17.8 Å². The highest BCUT2D eigenvalue weighted by atomic mass is 32.2. The average molecular weight is 273 g/mol. The van der Waals surface area contributed by atoms with E-state index in [9.17, 15) is 4.21 Å². The van der Waals surface area contributed by atoms with Crippen LogP contribution in [-0.4, -0.2) is 19.2 Å². The fourth-order valence-electron chi connectivity index (χ4n) is 1.64. The first-order chi connectivity index (χ1) is 9.24. The van der Waals surface area contributed by atoms with Crippen molar-refractivity contribution in [3.05, 3.63) is 53.4 Å². The number of hydrogen-bond acceptors (Lipinski definition) is 3. The molecule has 0 radical (unpaired) electrons. The molecule has 1 atom stereocenters. The zero-order valence-electron chi connectivity index (χ0n) is 10.7. The molecule has 2 heterocycles. The van der Waals surface area contributed by atoms with Crippen LogP contribution in [-0.2, 0) is 16.6 Å². The summed E-state index contributed by atoms with van der Waals surface area (Å²) >= 11 is 0. The molecule has 98 valence electrons. The van der Waals surface area contributed by atoms with Gasteiger partial charge in [-0.2, -0.15) is 0 Å². The second-order valence-electron chi connectivity index (χ2n) is 3.84.